The molecule has 136 valence electrons. The summed E-state index contributed by atoms with van der Waals surface area (Å²) in [7, 11) is 3.14. The van der Waals surface area contributed by atoms with Gasteiger partial charge in [-0.15, -0.1) is 11.3 Å². The van der Waals surface area contributed by atoms with E-state index in [1.807, 2.05) is 31.2 Å². The molecule has 0 saturated carbocycles. The van der Waals surface area contributed by atoms with E-state index in [0.717, 1.165) is 15.8 Å². The monoisotopic (exact) mass is 436 g/mol. The predicted molar refractivity (Wildman–Crippen MR) is 103 cm³/mol. The van der Waals surface area contributed by atoms with Gasteiger partial charge in [0, 0.05) is 11.9 Å². The van der Waals surface area contributed by atoms with Crippen LogP contribution in [-0.2, 0) is 6.54 Å². The number of aryl methyl sites for hydroxylation is 1. The molecule has 3 aromatic rings. The minimum atomic E-state index is -0.248. The summed E-state index contributed by atoms with van der Waals surface area (Å²) in [5, 5.41) is 5.25. The highest BCUT2D eigenvalue weighted by Gasteiger charge is 2.15. The largest absolute Gasteiger partial charge is 0.493 e. The van der Waals surface area contributed by atoms with E-state index in [4.69, 9.17) is 13.9 Å². The van der Waals surface area contributed by atoms with Crippen molar-refractivity contribution in [2.24, 2.45) is 0 Å². The van der Waals surface area contributed by atoms with Crippen LogP contribution in [0.25, 0.3) is 10.8 Å². The summed E-state index contributed by atoms with van der Waals surface area (Å²) < 4.78 is 16.9. The summed E-state index contributed by atoms with van der Waals surface area (Å²) in [6.45, 7) is 2.20. The first-order chi connectivity index (χ1) is 12.5. The zero-order valence-corrected chi connectivity index (χ0v) is 16.9. The van der Waals surface area contributed by atoms with Crippen LogP contribution in [0.5, 0.6) is 11.5 Å². The fourth-order valence-corrected chi connectivity index (χ4v) is 3.80. The fraction of sp³-hybridized carbons (Fsp3) is 0.222. The van der Waals surface area contributed by atoms with Crippen LogP contribution in [0.2, 0.25) is 0 Å². The van der Waals surface area contributed by atoms with Crippen molar-refractivity contribution in [2.75, 3.05) is 14.2 Å². The number of hydrogen-bond donors (Lipinski definition) is 1. The molecule has 1 amide bonds. The second kappa shape index (κ2) is 7.92. The SMILES string of the molecule is COc1cc(CNC(=O)c2csc(-c3ccc(C)o3)n2)cc(Br)c1OC. The van der Waals surface area contributed by atoms with E-state index in [9.17, 15) is 4.79 Å². The van der Waals surface area contributed by atoms with Crippen LogP contribution in [-0.4, -0.2) is 25.1 Å². The Kier molecular flexibility index (Phi) is 5.63. The molecule has 26 heavy (non-hydrogen) atoms. The second-order valence-corrected chi connectivity index (χ2v) is 7.16. The van der Waals surface area contributed by atoms with E-state index in [1.165, 1.54) is 11.3 Å². The standard InChI is InChI=1S/C18H17BrN2O4S/c1-10-4-5-14(25-10)18-21-13(9-26-18)17(22)20-8-11-6-12(19)16(24-3)15(7-11)23-2/h4-7,9H,8H2,1-3H3,(H,20,22). The van der Waals surface area contributed by atoms with Crippen LogP contribution < -0.4 is 14.8 Å². The molecular formula is C18H17BrN2O4S. The Morgan fingerprint density at radius 3 is 2.77 bits per heavy atom. The number of halogens is 1. The van der Waals surface area contributed by atoms with Crippen molar-refractivity contribution in [1.82, 2.24) is 10.3 Å². The minimum Gasteiger partial charge on any atom is -0.493 e. The van der Waals surface area contributed by atoms with E-state index in [-0.39, 0.29) is 5.91 Å². The van der Waals surface area contributed by atoms with Crippen molar-refractivity contribution < 1.29 is 18.7 Å². The summed E-state index contributed by atoms with van der Waals surface area (Å²) in [6, 6.07) is 7.41. The fourth-order valence-electron chi connectivity index (χ4n) is 2.39. The number of benzene rings is 1. The predicted octanol–water partition coefficient (Wildman–Crippen LogP) is 4.42. The van der Waals surface area contributed by atoms with Gasteiger partial charge in [-0.05, 0) is 52.7 Å². The molecule has 0 saturated heterocycles. The molecule has 0 spiro atoms. The first-order valence-electron chi connectivity index (χ1n) is 7.72. The van der Waals surface area contributed by atoms with E-state index in [2.05, 4.69) is 26.2 Å². The molecule has 0 aliphatic heterocycles. The van der Waals surface area contributed by atoms with Crippen LogP contribution in [0, 0.1) is 6.92 Å². The molecule has 0 fully saturated rings. The van der Waals surface area contributed by atoms with E-state index in [0.29, 0.717) is 34.5 Å². The average Bonchev–Trinajstić information content (AvgIpc) is 3.28. The van der Waals surface area contributed by atoms with Crippen LogP contribution in [0.1, 0.15) is 21.8 Å². The number of carbonyl (C=O) groups excluding carboxylic acids is 1. The maximum Gasteiger partial charge on any atom is 0.271 e. The van der Waals surface area contributed by atoms with Gasteiger partial charge in [0.1, 0.15) is 11.5 Å². The van der Waals surface area contributed by atoms with Crippen molar-refractivity contribution in [3.05, 3.63) is 51.1 Å². The Labute approximate surface area is 163 Å². The van der Waals surface area contributed by atoms with Gasteiger partial charge in [-0.25, -0.2) is 4.98 Å². The van der Waals surface area contributed by atoms with Crippen LogP contribution >= 0.6 is 27.3 Å². The molecule has 3 rings (SSSR count). The Morgan fingerprint density at radius 2 is 2.12 bits per heavy atom. The highest BCUT2D eigenvalue weighted by atomic mass is 79.9. The van der Waals surface area contributed by atoms with Gasteiger partial charge < -0.3 is 19.2 Å². The highest BCUT2D eigenvalue weighted by Crippen LogP contribution is 2.36. The van der Waals surface area contributed by atoms with E-state index in [1.54, 1.807) is 19.6 Å². The van der Waals surface area contributed by atoms with Gasteiger partial charge in [-0.2, -0.15) is 0 Å². The van der Waals surface area contributed by atoms with E-state index < -0.39 is 0 Å². The lowest BCUT2D eigenvalue weighted by atomic mass is 10.2. The summed E-state index contributed by atoms with van der Waals surface area (Å²) in [5.74, 6) is 2.42. The molecule has 1 N–H and O–H groups in total. The molecule has 0 aliphatic carbocycles. The second-order valence-electron chi connectivity index (χ2n) is 5.44. The lowest BCUT2D eigenvalue weighted by Gasteiger charge is -2.12. The number of ether oxygens (including phenoxy) is 2. The number of aromatic nitrogens is 1. The number of carbonyl (C=O) groups is 1. The zero-order valence-electron chi connectivity index (χ0n) is 14.5. The number of nitrogens with one attached hydrogen (secondary N) is 1. The van der Waals surface area contributed by atoms with Crippen molar-refractivity contribution in [3.8, 4) is 22.3 Å². The number of rotatable bonds is 6. The summed E-state index contributed by atoms with van der Waals surface area (Å²) in [5.41, 5.74) is 1.23. The average molecular weight is 437 g/mol. The number of furan rings is 1. The van der Waals surface area contributed by atoms with E-state index >= 15 is 0 Å². The number of methoxy groups -OCH3 is 2. The third kappa shape index (κ3) is 3.91. The maximum atomic E-state index is 12.4. The topological polar surface area (TPSA) is 73.6 Å². The molecule has 0 radical (unpaired) electrons. The summed E-state index contributed by atoms with van der Waals surface area (Å²) in [6.07, 6.45) is 0. The number of thiazole rings is 1. The molecule has 0 atom stereocenters. The molecule has 2 heterocycles. The van der Waals surface area contributed by atoms with Gasteiger partial charge in [0.15, 0.2) is 22.3 Å². The first kappa shape index (κ1) is 18.5. The van der Waals surface area contributed by atoms with Gasteiger partial charge in [0.2, 0.25) is 0 Å². The number of hydrogen-bond acceptors (Lipinski definition) is 6. The van der Waals surface area contributed by atoms with Gasteiger partial charge >= 0.3 is 0 Å². The minimum absolute atomic E-state index is 0.248. The van der Waals surface area contributed by atoms with Gasteiger partial charge in [0.25, 0.3) is 5.91 Å². The Hall–Kier alpha value is -2.32. The molecule has 1 aromatic carbocycles. The van der Waals surface area contributed by atoms with Gasteiger partial charge in [-0.3, -0.25) is 4.79 Å². The zero-order chi connectivity index (χ0) is 18.7. The third-order valence-electron chi connectivity index (χ3n) is 3.63. The first-order valence-corrected chi connectivity index (χ1v) is 9.40. The Morgan fingerprint density at radius 1 is 1.31 bits per heavy atom. The van der Waals surface area contributed by atoms with Gasteiger partial charge in [-0.1, -0.05) is 0 Å². The third-order valence-corrected chi connectivity index (χ3v) is 5.08. The molecule has 2 aromatic heterocycles. The van der Waals surface area contributed by atoms with Crippen molar-refractivity contribution >= 4 is 33.2 Å². The maximum absolute atomic E-state index is 12.4. The lowest BCUT2D eigenvalue weighted by molar-refractivity contribution is 0.0946. The van der Waals surface area contributed by atoms with Crippen LogP contribution in [0.4, 0.5) is 0 Å². The molecule has 8 heteroatoms. The van der Waals surface area contributed by atoms with Crippen molar-refractivity contribution in [2.45, 2.75) is 13.5 Å². The normalized spacial score (nSPS) is 10.6. The van der Waals surface area contributed by atoms with Crippen LogP contribution in [0.15, 0.2) is 38.5 Å². The Bertz CT molecular complexity index is 935. The van der Waals surface area contributed by atoms with Crippen molar-refractivity contribution in [3.63, 3.8) is 0 Å². The molecule has 0 aliphatic rings. The molecule has 0 unspecified atom stereocenters. The van der Waals surface area contributed by atoms with Crippen molar-refractivity contribution in [1.29, 1.82) is 0 Å². The van der Waals surface area contributed by atoms with Gasteiger partial charge in [0.05, 0.1) is 18.7 Å². The Balaban J connectivity index is 1.69. The summed E-state index contributed by atoms with van der Waals surface area (Å²) >= 11 is 4.81. The molecule has 0 bridgehead atoms. The smallest absolute Gasteiger partial charge is 0.271 e. The number of nitrogens with zero attached hydrogens (tertiary/aromatic N) is 1. The lowest BCUT2D eigenvalue weighted by Crippen LogP contribution is -2.23. The number of amides is 1. The summed E-state index contributed by atoms with van der Waals surface area (Å²) in [4.78, 5) is 16.7. The molecule has 6 nitrogen and oxygen atoms in total. The highest BCUT2D eigenvalue weighted by molar-refractivity contribution is 9.10. The van der Waals surface area contributed by atoms with Crippen LogP contribution in [0.3, 0.4) is 0 Å². The molecular weight excluding hydrogens is 420 g/mol. The quantitative estimate of drug-likeness (QED) is 0.618.